The molecule has 3 rings (SSSR count). The Balaban J connectivity index is 1.71. The van der Waals surface area contributed by atoms with Gasteiger partial charge in [-0.05, 0) is 57.1 Å². The molecular formula is C23H33N5O. The first kappa shape index (κ1) is 21.1. The minimum Gasteiger partial charge on any atom is -0.372 e. The third-order valence-corrected chi connectivity index (χ3v) is 5.71. The fourth-order valence-corrected chi connectivity index (χ4v) is 3.80. The van der Waals surface area contributed by atoms with Crippen LogP contribution in [0.15, 0.2) is 36.7 Å². The smallest absolute Gasteiger partial charge is 0.255 e. The number of aromatic nitrogens is 1. The van der Waals surface area contributed by atoms with Gasteiger partial charge in [0, 0.05) is 56.8 Å². The molecule has 29 heavy (non-hydrogen) atoms. The van der Waals surface area contributed by atoms with Gasteiger partial charge in [0.05, 0.1) is 17.4 Å². The maximum absolute atomic E-state index is 12.9. The Labute approximate surface area is 174 Å². The summed E-state index contributed by atoms with van der Waals surface area (Å²) in [4.78, 5) is 23.8. The molecule has 6 heteroatoms. The highest BCUT2D eigenvalue weighted by Crippen LogP contribution is 2.26. The van der Waals surface area contributed by atoms with E-state index in [9.17, 15) is 4.79 Å². The summed E-state index contributed by atoms with van der Waals surface area (Å²) in [6.45, 7) is 15.0. The van der Waals surface area contributed by atoms with E-state index >= 15 is 0 Å². The van der Waals surface area contributed by atoms with E-state index in [1.54, 1.807) is 12.4 Å². The van der Waals surface area contributed by atoms with Gasteiger partial charge in [0.2, 0.25) is 0 Å². The molecule has 0 radical (unpaired) electrons. The number of hydrogen-bond acceptors (Lipinski definition) is 5. The summed E-state index contributed by atoms with van der Waals surface area (Å²) in [5, 5.41) is 3.43. The van der Waals surface area contributed by atoms with Crippen LogP contribution < -0.4 is 10.2 Å². The predicted octanol–water partition coefficient (Wildman–Crippen LogP) is 3.76. The van der Waals surface area contributed by atoms with E-state index in [4.69, 9.17) is 0 Å². The van der Waals surface area contributed by atoms with Gasteiger partial charge in [0.1, 0.15) is 0 Å². The Hall–Kier alpha value is -2.60. The quantitative estimate of drug-likeness (QED) is 0.774. The topological polar surface area (TPSA) is 51.7 Å². The van der Waals surface area contributed by atoms with E-state index in [1.807, 2.05) is 11.0 Å². The van der Waals surface area contributed by atoms with Crippen molar-refractivity contribution in [3.63, 3.8) is 0 Å². The van der Waals surface area contributed by atoms with Crippen molar-refractivity contribution in [2.75, 3.05) is 56.0 Å². The van der Waals surface area contributed by atoms with Crippen molar-refractivity contribution >= 4 is 23.0 Å². The molecule has 156 valence electrons. The average molecular weight is 396 g/mol. The van der Waals surface area contributed by atoms with Crippen LogP contribution in [0.1, 0.15) is 36.7 Å². The third-order valence-electron chi connectivity index (χ3n) is 5.71. The molecule has 1 N–H and O–H groups in total. The van der Waals surface area contributed by atoms with Gasteiger partial charge in [-0.2, -0.15) is 0 Å². The number of nitrogens with one attached hydrogen (secondary N) is 1. The molecule has 2 heterocycles. The van der Waals surface area contributed by atoms with E-state index in [1.165, 1.54) is 11.3 Å². The Morgan fingerprint density at radius 3 is 2.41 bits per heavy atom. The fraction of sp³-hybridized carbons (Fsp3) is 0.478. The van der Waals surface area contributed by atoms with Crippen molar-refractivity contribution in [3.05, 3.63) is 47.8 Å². The molecule has 0 saturated carbocycles. The van der Waals surface area contributed by atoms with Gasteiger partial charge in [-0.25, -0.2) is 0 Å². The Kier molecular flexibility index (Phi) is 7.09. The number of carbonyl (C=O) groups is 1. The number of anilines is 3. The molecule has 2 aromatic rings. The van der Waals surface area contributed by atoms with Crippen LogP contribution in [0.5, 0.6) is 0 Å². The molecule has 1 aliphatic rings. The zero-order valence-electron chi connectivity index (χ0n) is 18.1. The molecule has 1 aliphatic heterocycles. The Morgan fingerprint density at radius 1 is 1.07 bits per heavy atom. The molecule has 1 fully saturated rings. The molecule has 1 saturated heterocycles. The number of benzene rings is 1. The largest absolute Gasteiger partial charge is 0.372 e. The standard InChI is InChI=1S/C23H33N5O/c1-5-26-10-12-28(13-11-26)23(29)19-15-20(17-24-16-19)25-22-9-8-21(14-18(22)4)27(6-2)7-3/h8-9,14-17,25H,5-7,10-13H2,1-4H3. The molecule has 0 unspecified atom stereocenters. The van der Waals surface area contributed by atoms with E-state index in [0.717, 1.165) is 57.2 Å². The number of aryl methyl sites for hydroxylation is 1. The highest BCUT2D eigenvalue weighted by Gasteiger charge is 2.21. The van der Waals surface area contributed by atoms with Crippen LogP contribution in [0.3, 0.4) is 0 Å². The fourth-order valence-electron chi connectivity index (χ4n) is 3.80. The Bertz CT molecular complexity index is 826. The molecule has 1 amide bonds. The summed E-state index contributed by atoms with van der Waals surface area (Å²) in [5.41, 5.74) is 4.90. The second-order valence-corrected chi connectivity index (χ2v) is 7.49. The first-order valence-electron chi connectivity index (χ1n) is 10.6. The van der Waals surface area contributed by atoms with E-state index in [0.29, 0.717) is 5.56 Å². The number of carbonyl (C=O) groups excluding carboxylic acids is 1. The lowest BCUT2D eigenvalue weighted by Crippen LogP contribution is -2.48. The van der Waals surface area contributed by atoms with Crippen LogP contribution in [-0.4, -0.2) is 66.5 Å². The number of nitrogens with zero attached hydrogens (tertiary/aromatic N) is 4. The van der Waals surface area contributed by atoms with Crippen LogP contribution in [0.4, 0.5) is 17.1 Å². The average Bonchev–Trinajstić information content (AvgIpc) is 2.76. The first-order valence-corrected chi connectivity index (χ1v) is 10.6. The van der Waals surface area contributed by atoms with Crippen LogP contribution in [-0.2, 0) is 0 Å². The van der Waals surface area contributed by atoms with Crippen molar-refractivity contribution < 1.29 is 4.79 Å². The van der Waals surface area contributed by atoms with Gasteiger partial charge in [0.25, 0.3) is 5.91 Å². The van der Waals surface area contributed by atoms with E-state index in [2.05, 4.69) is 66.0 Å². The summed E-state index contributed by atoms with van der Waals surface area (Å²) in [5.74, 6) is 0.0607. The second-order valence-electron chi connectivity index (χ2n) is 7.49. The summed E-state index contributed by atoms with van der Waals surface area (Å²) in [7, 11) is 0. The maximum Gasteiger partial charge on any atom is 0.255 e. The third kappa shape index (κ3) is 5.07. The zero-order chi connectivity index (χ0) is 20.8. The number of amides is 1. The lowest BCUT2D eigenvalue weighted by molar-refractivity contribution is 0.0643. The predicted molar refractivity (Wildman–Crippen MR) is 120 cm³/mol. The molecule has 1 aromatic heterocycles. The van der Waals surface area contributed by atoms with Gasteiger partial charge in [0.15, 0.2) is 0 Å². The molecular weight excluding hydrogens is 362 g/mol. The Morgan fingerprint density at radius 2 is 1.79 bits per heavy atom. The summed E-state index contributed by atoms with van der Waals surface area (Å²) >= 11 is 0. The highest BCUT2D eigenvalue weighted by molar-refractivity contribution is 5.95. The summed E-state index contributed by atoms with van der Waals surface area (Å²) in [6, 6.07) is 8.34. The number of rotatable bonds is 7. The molecule has 6 nitrogen and oxygen atoms in total. The van der Waals surface area contributed by atoms with Gasteiger partial charge in [-0.1, -0.05) is 6.92 Å². The second kappa shape index (κ2) is 9.74. The molecule has 0 atom stereocenters. The van der Waals surface area contributed by atoms with Gasteiger partial charge < -0.3 is 20.0 Å². The normalized spacial score (nSPS) is 14.7. The van der Waals surface area contributed by atoms with Crippen LogP contribution in [0.25, 0.3) is 0 Å². The summed E-state index contributed by atoms with van der Waals surface area (Å²) in [6.07, 6.45) is 3.43. The zero-order valence-corrected chi connectivity index (χ0v) is 18.1. The van der Waals surface area contributed by atoms with Crippen molar-refractivity contribution in [1.82, 2.24) is 14.8 Å². The lowest BCUT2D eigenvalue weighted by Gasteiger charge is -2.34. The van der Waals surface area contributed by atoms with Gasteiger partial charge in [-0.3, -0.25) is 9.78 Å². The van der Waals surface area contributed by atoms with Crippen molar-refractivity contribution in [2.45, 2.75) is 27.7 Å². The molecule has 0 spiro atoms. The van der Waals surface area contributed by atoms with Gasteiger partial charge in [-0.15, -0.1) is 0 Å². The van der Waals surface area contributed by atoms with Crippen molar-refractivity contribution in [3.8, 4) is 0 Å². The highest BCUT2D eigenvalue weighted by atomic mass is 16.2. The van der Waals surface area contributed by atoms with Crippen molar-refractivity contribution in [1.29, 1.82) is 0 Å². The minimum atomic E-state index is 0.0607. The van der Waals surface area contributed by atoms with E-state index < -0.39 is 0 Å². The minimum absolute atomic E-state index is 0.0607. The summed E-state index contributed by atoms with van der Waals surface area (Å²) < 4.78 is 0. The lowest BCUT2D eigenvalue weighted by atomic mass is 10.1. The monoisotopic (exact) mass is 395 g/mol. The maximum atomic E-state index is 12.9. The van der Waals surface area contributed by atoms with Crippen molar-refractivity contribution in [2.24, 2.45) is 0 Å². The van der Waals surface area contributed by atoms with Crippen LogP contribution in [0.2, 0.25) is 0 Å². The molecule has 0 aliphatic carbocycles. The first-order chi connectivity index (χ1) is 14.0. The SMILES string of the molecule is CCN1CCN(C(=O)c2cncc(Nc3ccc(N(CC)CC)cc3C)c2)CC1. The number of piperazine rings is 1. The number of likely N-dealkylation sites (N-methyl/N-ethyl adjacent to an activating group) is 1. The molecule has 0 bridgehead atoms. The molecule has 1 aromatic carbocycles. The van der Waals surface area contributed by atoms with Gasteiger partial charge >= 0.3 is 0 Å². The van der Waals surface area contributed by atoms with Crippen LogP contribution in [0, 0.1) is 6.92 Å². The van der Waals surface area contributed by atoms with E-state index in [-0.39, 0.29) is 5.91 Å². The number of pyridine rings is 1. The van der Waals surface area contributed by atoms with Crippen LogP contribution >= 0.6 is 0 Å². The number of hydrogen-bond donors (Lipinski definition) is 1.